The lowest BCUT2D eigenvalue weighted by Crippen LogP contribution is -2.37. The topological polar surface area (TPSA) is 83.7 Å². The predicted molar refractivity (Wildman–Crippen MR) is 143 cm³/mol. The fourth-order valence-electron chi connectivity index (χ4n) is 4.13. The lowest BCUT2D eigenvalue weighted by Gasteiger charge is -2.23. The van der Waals surface area contributed by atoms with Crippen molar-refractivity contribution in [3.8, 4) is 11.5 Å². The maximum Gasteiger partial charge on any atom is 0.322 e. The molecule has 0 saturated heterocycles. The first-order valence-corrected chi connectivity index (χ1v) is 11.9. The Labute approximate surface area is 214 Å². The number of benzene rings is 3. The lowest BCUT2D eigenvalue weighted by atomic mass is 10.0. The lowest BCUT2D eigenvalue weighted by molar-refractivity contribution is 0.209. The van der Waals surface area contributed by atoms with Gasteiger partial charge in [-0.3, -0.25) is 4.79 Å². The molecule has 2 N–H and O–H groups in total. The predicted octanol–water partition coefficient (Wildman–Crippen LogP) is 5.58. The minimum absolute atomic E-state index is 0.0957. The first-order chi connectivity index (χ1) is 17.8. The number of aromatic nitrogens is 1. The molecule has 0 unspecified atom stereocenters. The number of nitrogens with one attached hydrogen (secondary N) is 2. The Hall–Kier alpha value is -4.33. The summed E-state index contributed by atoms with van der Waals surface area (Å²) in [6, 6.07) is 16.5. The van der Waals surface area contributed by atoms with Gasteiger partial charge in [-0.25, -0.2) is 9.18 Å². The van der Waals surface area contributed by atoms with Crippen LogP contribution >= 0.6 is 0 Å². The van der Waals surface area contributed by atoms with Crippen molar-refractivity contribution in [3.05, 3.63) is 99.1 Å². The number of anilines is 1. The van der Waals surface area contributed by atoms with Gasteiger partial charge in [0, 0.05) is 23.3 Å². The van der Waals surface area contributed by atoms with Gasteiger partial charge in [-0.15, -0.1) is 0 Å². The van der Waals surface area contributed by atoms with E-state index in [4.69, 9.17) is 9.47 Å². The van der Waals surface area contributed by atoms with Crippen molar-refractivity contribution in [2.45, 2.75) is 26.8 Å². The number of methoxy groups -OCH3 is 2. The number of halogens is 1. The second kappa shape index (κ2) is 11.2. The number of aryl methyl sites for hydroxylation is 2. The number of hydrogen-bond acceptors (Lipinski definition) is 4. The molecule has 4 aromatic rings. The van der Waals surface area contributed by atoms with Crippen molar-refractivity contribution < 1.29 is 18.7 Å². The van der Waals surface area contributed by atoms with Crippen molar-refractivity contribution in [3.63, 3.8) is 0 Å². The van der Waals surface area contributed by atoms with E-state index in [-0.39, 0.29) is 12.1 Å². The van der Waals surface area contributed by atoms with Crippen molar-refractivity contribution in [2.24, 2.45) is 0 Å². The van der Waals surface area contributed by atoms with Crippen LogP contribution in [0.1, 0.15) is 22.3 Å². The van der Waals surface area contributed by atoms with E-state index in [1.807, 2.05) is 50.2 Å². The number of H-pyrrole nitrogens is 1. The molecule has 0 aliphatic carbocycles. The van der Waals surface area contributed by atoms with E-state index in [1.54, 1.807) is 19.1 Å². The number of carbonyl (C=O) groups is 1. The van der Waals surface area contributed by atoms with Crippen LogP contribution < -0.4 is 20.3 Å². The smallest absolute Gasteiger partial charge is 0.322 e. The van der Waals surface area contributed by atoms with Crippen LogP contribution in [0, 0.1) is 19.7 Å². The Morgan fingerprint density at radius 2 is 1.65 bits per heavy atom. The van der Waals surface area contributed by atoms with Gasteiger partial charge in [-0.2, -0.15) is 0 Å². The summed E-state index contributed by atoms with van der Waals surface area (Å²) in [4.78, 5) is 30.7. The van der Waals surface area contributed by atoms with E-state index in [0.717, 1.165) is 27.6 Å². The zero-order valence-electron chi connectivity index (χ0n) is 21.4. The molecule has 37 heavy (non-hydrogen) atoms. The molecule has 0 radical (unpaired) electrons. The van der Waals surface area contributed by atoms with Crippen LogP contribution in [0.25, 0.3) is 10.9 Å². The number of carbonyl (C=O) groups excluding carboxylic acids is 1. The van der Waals surface area contributed by atoms with Gasteiger partial charge in [0.05, 0.1) is 20.8 Å². The summed E-state index contributed by atoms with van der Waals surface area (Å²) in [5.74, 6) is 0.820. The Morgan fingerprint density at radius 1 is 0.946 bits per heavy atom. The zero-order valence-corrected chi connectivity index (χ0v) is 21.4. The highest BCUT2D eigenvalue weighted by atomic mass is 19.1. The molecule has 3 aromatic carbocycles. The summed E-state index contributed by atoms with van der Waals surface area (Å²) in [6.07, 6.45) is 0.515. The third-order valence-electron chi connectivity index (χ3n) is 6.40. The van der Waals surface area contributed by atoms with Gasteiger partial charge in [0.15, 0.2) is 11.5 Å². The number of urea groups is 1. The number of fused-ring (bicyclic) bond motifs is 1. The highest BCUT2D eigenvalue weighted by Crippen LogP contribution is 2.28. The molecule has 0 atom stereocenters. The number of rotatable bonds is 8. The highest BCUT2D eigenvalue weighted by Gasteiger charge is 2.18. The number of aromatic amines is 1. The quantitative estimate of drug-likeness (QED) is 0.329. The Balaban J connectivity index is 1.62. The minimum Gasteiger partial charge on any atom is -0.493 e. The van der Waals surface area contributed by atoms with E-state index in [0.29, 0.717) is 35.7 Å². The molecule has 4 rings (SSSR count). The molecule has 0 bridgehead atoms. The molecule has 7 nitrogen and oxygen atoms in total. The molecule has 1 aromatic heterocycles. The number of ether oxygens (including phenoxy) is 2. The summed E-state index contributed by atoms with van der Waals surface area (Å²) in [7, 11) is 3.14. The van der Waals surface area contributed by atoms with Gasteiger partial charge in [0.25, 0.3) is 5.56 Å². The van der Waals surface area contributed by atoms with Crippen LogP contribution in [0.3, 0.4) is 0 Å². The normalized spacial score (nSPS) is 10.8. The maximum atomic E-state index is 13.3. The van der Waals surface area contributed by atoms with Crippen molar-refractivity contribution >= 4 is 22.6 Å². The van der Waals surface area contributed by atoms with E-state index < -0.39 is 11.8 Å². The van der Waals surface area contributed by atoms with Crippen LogP contribution in [-0.2, 0) is 13.0 Å². The average Bonchev–Trinajstić information content (AvgIpc) is 2.89. The molecule has 0 aliphatic rings. The second-order valence-corrected chi connectivity index (χ2v) is 8.95. The third kappa shape index (κ3) is 6.09. The summed E-state index contributed by atoms with van der Waals surface area (Å²) in [5, 5.41) is 3.70. The number of hydrogen-bond donors (Lipinski definition) is 2. The second-order valence-electron chi connectivity index (χ2n) is 8.95. The Bertz CT molecular complexity index is 1480. The molecule has 8 heteroatoms. The van der Waals surface area contributed by atoms with Crippen molar-refractivity contribution in [1.82, 2.24) is 9.88 Å². The summed E-state index contributed by atoms with van der Waals surface area (Å²) >= 11 is 0. The van der Waals surface area contributed by atoms with Gasteiger partial charge < -0.3 is 24.7 Å². The monoisotopic (exact) mass is 503 g/mol. The van der Waals surface area contributed by atoms with Crippen molar-refractivity contribution in [2.75, 3.05) is 26.1 Å². The molecular formula is C29H30FN3O4. The van der Waals surface area contributed by atoms with Gasteiger partial charge >= 0.3 is 6.03 Å². The minimum atomic E-state index is -0.397. The Morgan fingerprint density at radius 3 is 2.35 bits per heavy atom. The van der Waals surface area contributed by atoms with E-state index in [2.05, 4.69) is 10.3 Å². The molecule has 2 amide bonds. The van der Waals surface area contributed by atoms with Crippen molar-refractivity contribution in [1.29, 1.82) is 0 Å². The average molecular weight is 504 g/mol. The Kier molecular flexibility index (Phi) is 7.77. The summed E-state index contributed by atoms with van der Waals surface area (Å²) in [5.41, 5.74) is 4.58. The first kappa shape index (κ1) is 25.8. The van der Waals surface area contributed by atoms with Gasteiger partial charge in [-0.1, -0.05) is 6.07 Å². The number of pyridine rings is 1. The zero-order chi connectivity index (χ0) is 26.5. The third-order valence-corrected chi connectivity index (χ3v) is 6.40. The highest BCUT2D eigenvalue weighted by molar-refractivity contribution is 5.89. The SMILES string of the molecule is COc1ccc(CCN(Cc2cc3cc(C)c(C)cc3[nH]c2=O)C(=O)Nc2ccc(F)cc2)cc1OC. The summed E-state index contributed by atoms with van der Waals surface area (Å²) in [6.45, 7) is 4.44. The molecule has 192 valence electrons. The number of amides is 2. The maximum absolute atomic E-state index is 13.3. The van der Waals surface area contributed by atoms with Crippen LogP contribution in [-0.4, -0.2) is 36.7 Å². The summed E-state index contributed by atoms with van der Waals surface area (Å²) < 4.78 is 24.0. The molecule has 0 spiro atoms. The first-order valence-electron chi connectivity index (χ1n) is 11.9. The van der Waals surface area contributed by atoms with Crippen LogP contribution in [0.4, 0.5) is 14.9 Å². The molecular weight excluding hydrogens is 473 g/mol. The van der Waals surface area contributed by atoms with Crippen LogP contribution in [0.2, 0.25) is 0 Å². The van der Waals surface area contributed by atoms with E-state index in [1.165, 1.54) is 24.3 Å². The molecule has 1 heterocycles. The van der Waals surface area contributed by atoms with Gasteiger partial charge in [0.1, 0.15) is 5.82 Å². The number of nitrogens with zero attached hydrogens (tertiary/aromatic N) is 1. The molecule has 0 fully saturated rings. The standard InChI is InChI=1S/C29H30FN3O4/c1-18-13-21-16-22(28(34)32-25(21)14-19(18)2)17-33(29(35)31-24-8-6-23(30)7-9-24)12-11-20-5-10-26(36-3)27(15-20)37-4/h5-10,13-16H,11-12,17H2,1-4H3,(H,31,35)(H,32,34). The van der Waals surface area contributed by atoms with E-state index in [9.17, 15) is 14.0 Å². The van der Waals surface area contributed by atoms with Gasteiger partial charge in [0.2, 0.25) is 0 Å². The van der Waals surface area contributed by atoms with Gasteiger partial charge in [-0.05, 0) is 96.9 Å². The van der Waals surface area contributed by atoms with E-state index >= 15 is 0 Å². The van der Waals surface area contributed by atoms with Crippen LogP contribution in [0.5, 0.6) is 11.5 Å². The largest absolute Gasteiger partial charge is 0.493 e. The fourth-order valence-corrected chi connectivity index (χ4v) is 4.13. The fraction of sp³-hybridized carbons (Fsp3) is 0.241. The molecule has 0 saturated carbocycles. The van der Waals surface area contributed by atoms with Crippen LogP contribution in [0.15, 0.2) is 65.5 Å². The molecule has 0 aliphatic heterocycles.